The molecule has 0 amide bonds. The van der Waals surface area contributed by atoms with Crippen molar-refractivity contribution in [2.45, 2.75) is 66.7 Å². The van der Waals surface area contributed by atoms with E-state index in [4.69, 9.17) is 0 Å². The van der Waals surface area contributed by atoms with Gasteiger partial charge in [0.25, 0.3) is 0 Å². The second-order valence-electron chi connectivity index (χ2n) is 6.89. The van der Waals surface area contributed by atoms with Gasteiger partial charge in [0, 0.05) is 11.1 Å². The molecule has 0 spiro atoms. The Kier molecular flexibility index (Phi) is 8.39. The second-order valence-corrected chi connectivity index (χ2v) is 6.89. The number of ketones is 2. The maximum Gasteiger partial charge on any atom is 0.182 e. The lowest BCUT2D eigenvalue weighted by Gasteiger charge is -2.08. The molecule has 1 aliphatic carbocycles. The molecule has 0 bridgehead atoms. The number of rotatable bonds is 8. The van der Waals surface area contributed by atoms with Gasteiger partial charge in [-0.3, -0.25) is 9.59 Å². The minimum Gasteiger partial charge on any atom is -0.290 e. The molecule has 0 radical (unpaired) electrons. The third-order valence-electron chi connectivity index (χ3n) is 4.15. The summed E-state index contributed by atoms with van der Waals surface area (Å²) in [5, 5.41) is 0. The molecule has 130 valence electrons. The van der Waals surface area contributed by atoms with Gasteiger partial charge in [-0.2, -0.15) is 0 Å². The summed E-state index contributed by atoms with van der Waals surface area (Å²) in [6, 6.07) is 0. The Balaban J connectivity index is 2.43. The van der Waals surface area contributed by atoms with Gasteiger partial charge in [0.1, 0.15) is 0 Å². The summed E-state index contributed by atoms with van der Waals surface area (Å²) < 4.78 is 0. The Bertz CT molecular complexity index is 633. The molecule has 2 heteroatoms. The van der Waals surface area contributed by atoms with Crippen molar-refractivity contribution < 1.29 is 9.59 Å². The van der Waals surface area contributed by atoms with Crippen LogP contribution >= 0.6 is 0 Å². The molecule has 1 rings (SSSR count). The topological polar surface area (TPSA) is 34.1 Å². The standard InChI is InChI=1S/C22H30O2/c1-16(2)8-6-9-17(3)10-7-11-18(4)12-13-20-15-21(23)19(5)14-22(20)24/h8,10,12,14-15H,6-7,9,11,13H2,1-5H3/b17-10-,18-12-. The van der Waals surface area contributed by atoms with Gasteiger partial charge in [-0.1, -0.05) is 34.9 Å². The van der Waals surface area contributed by atoms with E-state index in [9.17, 15) is 9.59 Å². The molecule has 2 nitrogen and oxygen atoms in total. The molecule has 0 aromatic rings. The highest BCUT2D eigenvalue weighted by molar-refractivity contribution is 6.19. The first-order chi connectivity index (χ1) is 11.3. The Morgan fingerprint density at radius 2 is 1.42 bits per heavy atom. The van der Waals surface area contributed by atoms with Crippen LogP contribution in [0.15, 0.2) is 58.2 Å². The summed E-state index contributed by atoms with van der Waals surface area (Å²) in [5.74, 6) is -0.0864. The van der Waals surface area contributed by atoms with Crippen molar-refractivity contribution in [1.29, 1.82) is 0 Å². The SMILES string of the molecule is CC(C)=CCC/C(C)=C\CC/C(C)=C\CC1=CC(=O)C(C)=CC1=O. The average molecular weight is 326 g/mol. The van der Waals surface area contributed by atoms with Crippen LogP contribution in [0.25, 0.3) is 0 Å². The van der Waals surface area contributed by atoms with E-state index in [1.165, 1.54) is 28.9 Å². The van der Waals surface area contributed by atoms with Crippen molar-refractivity contribution >= 4 is 11.6 Å². The zero-order chi connectivity index (χ0) is 18.1. The van der Waals surface area contributed by atoms with Crippen LogP contribution < -0.4 is 0 Å². The van der Waals surface area contributed by atoms with Gasteiger partial charge in [0.2, 0.25) is 0 Å². The van der Waals surface area contributed by atoms with Crippen LogP contribution in [0.1, 0.15) is 66.7 Å². The van der Waals surface area contributed by atoms with E-state index in [0.717, 1.165) is 25.7 Å². The summed E-state index contributed by atoms with van der Waals surface area (Å²) in [7, 11) is 0. The van der Waals surface area contributed by atoms with E-state index in [2.05, 4.69) is 45.9 Å². The van der Waals surface area contributed by atoms with Crippen LogP contribution in [0.4, 0.5) is 0 Å². The minimum absolute atomic E-state index is 0.0360. The van der Waals surface area contributed by atoms with E-state index < -0.39 is 0 Å². The summed E-state index contributed by atoms with van der Waals surface area (Å²) in [5.41, 5.74) is 5.18. The van der Waals surface area contributed by atoms with Crippen molar-refractivity contribution in [3.8, 4) is 0 Å². The fourth-order valence-corrected chi connectivity index (χ4v) is 2.49. The van der Waals surface area contributed by atoms with Crippen molar-refractivity contribution in [2.24, 2.45) is 0 Å². The highest BCUT2D eigenvalue weighted by Gasteiger charge is 2.16. The van der Waals surface area contributed by atoms with Crippen molar-refractivity contribution in [2.75, 3.05) is 0 Å². The van der Waals surface area contributed by atoms with Gasteiger partial charge in [0.15, 0.2) is 11.6 Å². The largest absolute Gasteiger partial charge is 0.290 e. The number of carbonyl (C=O) groups excluding carboxylic acids is 2. The van der Waals surface area contributed by atoms with Gasteiger partial charge >= 0.3 is 0 Å². The Morgan fingerprint density at radius 3 is 2.04 bits per heavy atom. The fraction of sp³-hybridized carbons (Fsp3) is 0.455. The molecular formula is C22H30O2. The molecular weight excluding hydrogens is 296 g/mol. The summed E-state index contributed by atoms with van der Waals surface area (Å²) in [6.07, 6.45) is 14.3. The van der Waals surface area contributed by atoms with E-state index in [0.29, 0.717) is 17.6 Å². The predicted molar refractivity (Wildman–Crippen MR) is 102 cm³/mol. The van der Waals surface area contributed by atoms with Crippen LogP contribution in [0.5, 0.6) is 0 Å². The van der Waals surface area contributed by atoms with Crippen molar-refractivity contribution in [3.05, 3.63) is 58.2 Å². The summed E-state index contributed by atoms with van der Waals surface area (Å²) >= 11 is 0. The Morgan fingerprint density at radius 1 is 0.833 bits per heavy atom. The van der Waals surface area contributed by atoms with Crippen molar-refractivity contribution in [1.82, 2.24) is 0 Å². The summed E-state index contributed by atoms with van der Waals surface area (Å²) in [4.78, 5) is 23.5. The van der Waals surface area contributed by atoms with Crippen LogP contribution in [0.3, 0.4) is 0 Å². The van der Waals surface area contributed by atoms with Crippen molar-refractivity contribution in [3.63, 3.8) is 0 Å². The average Bonchev–Trinajstić information content (AvgIpc) is 2.49. The van der Waals surface area contributed by atoms with E-state index in [1.54, 1.807) is 6.92 Å². The number of allylic oxidation sites excluding steroid dienone is 10. The lowest BCUT2D eigenvalue weighted by molar-refractivity contribution is -0.115. The molecule has 0 saturated carbocycles. The summed E-state index contributed by atoms with van der Waals surface area (Å²) in [6.45, 7) is 10.2. The van der Waals surface area contributed by atoms with Gasteiger partial charge in [-0.05, 0) is 78.9 Å². The van der Waals surface area contributed by atoms with Gasteiger partial charge in [0.05, 0.1) is 0 Å². The third kappa shape index (κ3) is 7.54. The van der Waals surface area contributed by atoms with Crippen LogP contribution in [0.2, 0.25) is 0 Å². The fourth-order valence-electron chi connectivity index (χ4n) is 2.49. The number of hydrogen-bond donors (Lipinski definition) is 0. The first-order valence-electron chi connectivity index (χ1n) is 8.71. The molecule has 0 saturated heterocycles. The highest BCUT2D eigenvalue weighted by atomic mass is 16.1. The molecule has 0 aromatic carbocycles. The Hall–Kier alpha value is -1.96. The third-order valence-corrected chi connectivity index (χ3v) is 4.15. The van der Waals surface area contributed by atoms with E-state index in [1.807, 2.05) is 0 Å². The zero-order valence-corrected chi connectivity index (χ0v) is 15.7. The second kappa shape index (κ2) is 10.0. The maximum absolute atomic E-state index is 11.9. The highest BCUT2D eigenvalue weighted by Crippen LogP contribution is 2.17. The maximum atomic E-state index is 11.9. The number of hydrogen-bond acceptors (Lipinski definition) is 2. The molecule has 0 heterocycles. The smallest absolute Gasteiger partial charge is 0.182 e. The van der Waals surface area contributed by atoms with E-state index >= 15 is 0 Å². The van der Waals surface area contributed by atoms with Gasteiger partial charge < -0.3 is 0 Å². The van der Waals surface area contributed by atoms with Gasteiger partial charge in [-0.15, -0.1) is 0 Å². The minimum atomic E-state index is -0.0504. The quantitative estimate of drug-likeness (QED) is 0.416. The molecule has 0 atom stereocenters. The van der Waals surface area contributed by atoms with Gasteiger partial charge in [-0.25, -0.2) is 0 Å². The molecule has 0 unspecified atom stereocenters. The molecule has 1 aliphatic rings. The molecule has 0 aromatic heterocycles. The van der Waals surface area contributed by atoms with Crippen LogP contribution in [0, 0.1) is 0 Å². The lowest BCUT2D eigenvalue weighted by atomic mass is 9.95. The van der Waals surface area contributed by atoms with E-state index in [-0.39, 0.29) is 11.6 Å². The Labute approximate surface area is 146 Å². The number of carbonyl (C=O) groups is 2. The monoisotopic (exact) mass is 326 g/mol. The predicted octanol–water partition coefficient (Wildman–Crippen LogP) is 5.82. The lowest BCUT2D eigenvalue weighted by Crippen LogP contribution is -2.11. The normalized spacial score (nSPS) is 16.0. The first-order valence-corrected chi connectivity index (χ1v) is 8.71. The van der Waals surface area contributed by atoms with Crippen LogP contribution in [-0.2, 0) is 9.59 Å². The molecule has 24 heavy (non-hydrogen) atoms. The molecule has 0 aliphatic heterocycles. The van der Waals surface area contributed by atoms with Crippen LogP contribution in [-0.4, -0.2) is 11.6 Å². The molecule has 0 N–H and O–H groups in total. The zero-order valence-electron chi connectivity index (χ0n) is 15.7. The first kappa shape index (κ1) is 20.1. The molecule has 0 fully saturated rings.